The van der Waals surface area contributed by atoms with Gasteiger partial charge < -0.3 is 24.0 Å². The van der Waals surface area contributed by atoms with Gasteiger partial charge in [0.05, 0.1) is 31.0 Å². The van der Waals surface area contributed by atoms with E-state index in [4.69, 9.17) is 14.2 Å². The maximum absolute atomic E-state index is 12.1. The second-order valence-electron chi connectivity index (χ2n) is 9.89. The standard InChI is InChI=1S/C25H36N6O6S/c1-25(2,3)37-24(32)29-38(33,34)28-8-6-9-30-10-7-11-31(13-12-30)23-18(16-26)17-27-20-15-22(36-5)21(35-4)14-19(20)23/h14-15,17,28H,6-13H2,1-5H3,(H,29,32). The van der Waals surface area contributed by atoms with Gasteiger partial charge >= 0.3 is 16.3 Å². The monoisotopic (exact) mass is 548 g/mol. The Morgan fingerprint density at radius 2 is 1.84 bits per heavy atom. The van der Waals surface area contributed by atoms with Crippen LogP contribution < -0.4 is 23.8 Å². The number of nitrogens with one attached hydrogen (secondary N) is 2. The number of hydrogen-bond donors (Lipinski definition) is 2. The Balaban J connectivity index is 1.61. The van der Waals surface area contributed by atoms with Crippen molar-refractivity contribution in [2.75, 3.05) is 58.4 Å². The topological polar surface area (TPSA) is 146 Å². The molecule has 1 aliphatic rings. The minimum Gasteiger partial charge on any atom is -0.493 e. The number of amides is 1. The van der Waals surface area contributed by atoms with Crippen LogP contribution in [0.2, 0.25) is 0 Å². The number of anilines is 1. The first-order valence-electron chi connectivity index (χ1n) is 12.4. The molecule has 2 heterocycles. The number of nitrogens with zero attached hydrogens (tertiary/aromatic N) is 4. The molecular formula is C25H36N6O6S. The number of rotatable bonds is 9. The Kier molecular flexibility index (Phi) is 9.59. The minimum absolute atomic E-state index is 0.174. The minimum atomic E-state index is -4.00. The molecule has 0 unspecified atom stereocenters. The third kappa shape index (κ3) is 7.83. The molecule has 0 aliphatic carbocycles. The molecule has 0 radical (unpaired) electrons. The lowest BCUT2D eigenvalue weighted by atomic mass is 10.1. The largest absolute Gasteiger partial charge is 0.493 e. The molecule has 0 bridgehead atoms. The van der Waals surface area contributed by atoms with Crippen LogP contribution in [0.3, 0.4) is 0 Å². The normalized spacial score (nSPS) is 15.0. The van der Waals surface area contributed by atoms with E-state index in [-0.39, 0.29) is 6.54 Å². The lowest BCUT2D eigenvalue weighted by Crippen LogP contribution is -2.43. The van der Waals surface area contributed by atoms with Gasteiger partial charge in [-0.3, -0.25) is 4.98 Å². The van der Waals surface area contributed by atoms with Gasteiger partial charge in [-0.25, -0.2) is 9.52 Å². The molecule has 38 heavy (non-hydrogen) atoms. The van der Waals surface area contributed by atoms with Gasteiger partial charge in [0.1, 0.15) is 11.7 Å². The van der Waals surface area contributed by atoms with E-state index in [9.17, 15) is 18.5 Å². The van der Waals surface area contributed by atoms with Crippen molar-refractivity contribution in [2.45, 2.75) is 39.2 Å². The van der Waals surface area contributed by atoms with Crippen molar-refractivity contribution in [2.24, 2.45) is 0 Å². The zero-order valence-corrected chi connectivity index (χ0v) is 23.4. The third-order valence-electron chi connectivity index (χ3n) is 5.93. The van der Waals surface area contributed by atoms with Crippen molar-refractivity contribution in [1.82, 2.24) is 19.3 Å². The van der Waals surface area contributed by atoms with Crippen LogP contribution in [-0.2, 0) is 14.9 Å². The van der Waals surface area contributed by atoms with Crippen LogP contribution in [0.4, 0.5) is 10.5 Å². The van der Waals surface area contributed by atoms with Crippen molar-refractivity contribution in [3.63, 3.8) is 0 Å². The number of nitriles is 1. The van der Waals surface area contributed by atoms with Crippen LogP contribution in [0.25, 0.3) is 10.9 Å². The molecule has 1 aliphatic heterocycles. The van der Waals surface area contributed by atoms with Gasteiger partial charge in [0.25, 0.3) is 0 Å². The van der Waals surface area contributed by atoms with E-state index in [1.165, 1.54) is 0 Å². The number of carbonyl (C=O) groups is 1. The molecule has 208 valence electrons. The van der Waals surface area contributed by atoms with Crippen LogP contribution in [0.5, 0.6) is 11.5 Å². The number of methoxy groups -OCH3 is 2. The predicted octanol–water partition coefficient (Wildman–Crippen LogP) is 2.38. The van der Waals surface area contributed by atoms with E-state index < -0.39 is 21.9 Å². The molecular weight excluding hydrogens is 512 g/mol. The van der Waals surface area contributed by atoms with E-state index in [0.29, 0.717) is 42.1 Å². The summed E-state index contributed by atoms with van der Waals surface area (Å²) in [6.07, 6.45) is 2.00. The molecule has 2 N–H and O–H groups in total. The summed E-state index contributed by atoms with van der Waals surface area (Å²) in [4.78, 5) is 20.6. The first kappa shape index (κ1) is 29.2. The lowest BCUT2D eigenvalue weighted by Gasteiger charge is -2.26. The van der Waals surface area contributed by atoms with E-state index >= 15 is 0 Å². The second kappa shape index (κ2) is 12.5. The molecule has 2 aromatic rings. The van der Waals surface area contributed by atoms with Crippen LogP contribution in [0, 0.1) is 11.3 Å². The van der Waals surface area contributed by atoms with Gasteiger partial charge in [0.15, 0.2) is 11.5 Å². The summed E-state index contributed by atoms with van der Waals surface area (Å²) in [7, 11) is -0.863. The molecule has 13 heteroatoms. The van der Waals surface area contributed by atoms with Crippen molar-refractivity contribution in [3.8, 4) is 17.6 Å². The maximum Gasteiger partial charge on any atom is 0.422 e. The van der Waals surface area contributed by atoms with Crippen LogP contribution in [0.1, 0.15) is 39.2 Å². The van der Waals surface area contributed by atoms with Gasteiger partial charge in [-0.1, -0.05) is 0 Å². The average Bonchev–Trinajstić information content (AvgIpc) is 3.08. The predicted molar refractivity (Wildman–Crippen MR) is 144 cm³/mol. The van der Waals surface area contributed by atoms with Gasteiger partial charge in [-0.2, -0.15) is 18.4 Å². The number of aromatic nitrogens is 1. The number of benzene rings is 1. The quantitative estimate of drug-likeness (QED) is 0.448. The van der Waals surface area contributed by atoms with Crippen molar-refractivity contribution < 1.29 is 27.4 Å². The van der Waals surface area contributed by atoms with E-state index in [1.54, 1.807) is 41.2 Å². The van der Waals surface area contributed by atoms with Gasteiger partial charge in [0.2, 0.25) is 0 Å². The Bertz CT molecular complexity index is 1290. The smallest absolute Gasteiger partial charge is 0.422 e. The van der Waals surface area contributed by atoms with E-state index in [1.807, 2.05) is 16.9 Å². The molecule has 0 atom stereocenters. The second-order valence-corrected chi connectivity index (χ2v) is 11.4. The highest BCUT2D eigenvalue weighted by molar-refractivity contribution is 7.88. The third-order valence-corrected chi connectivity index (χ3v) is 6.95. The van der Waals surface area contributed by atoms with E-state index in [0.717, 1.165) is 37.1 Å². The average molecular weight is 549 g/mol. The summed E-state index contributed by atoms with van der Waals surface area (Å²) >= 11 is 0. The van der Waals surface area contributed by atoms with Crippen molar-refractivity contribution in [1.29, 1.82) is 5.26 Å². The summed E-state index contributed by atoms with van der Waals surface area (Å²) in [5.74, 6) is 1.14. The highest BCUT2D eigenvalue weighted by atomic mass is 32.2. The maximum atomic E-state index is 12.1. The Labute approximate surface area is 224 Å². The summed E-state index contributed by atoms with van der Waals surface area (Å²) in [6.45, 7) is 8.83. The Morgan fingerprint density at radius 3 is 2.50 bits per heavy atom. The SMILES string of the molecule is COc1cc2ncc(C#N)c(N3CCCN(CCCNS(=O)(=O)NC(=O)OC(C)(C)C)CC3)c2cc1OC. The first-order valence-corrected chi connectivity index (χ1v) is 13.9. The van der Waals surface area contributed by atoms with E-state index in [2.05, 4.69) is 25.6 Å². The Morgan fingerprint density at radius 1 is 1.13 bits per heavy atom. The zero-order valence-electron chi connectivity index (χ0n) is 22.5. The number of fused-ring (bicyclic) bond motifs is 1. The zero-order chi connectivity index (χ0) is 27.9. The van der Waals surface area contributed by atoms with Crippen LogP contribution >= 0.6 is 0 Å². The highest BCUT2D eigenvalue weighted by Crippen LogP contribution is 2.37. The van der Waals surface area contributed by atoms with Crippen LogP contribution in [-0.4, -0.2) is 83.5 Å². The summed E-state index contributed by atoms with van der Waals surface area (Å²) in [6, 6.07) is 5.94. The Hall–Kier alpha value is -3.34. The fourth-order valence-corrected chi connectivity index (χ4v) is 5.05. The molecule has 0 spiro atoms. The molecule has 1 aromatic carbocycles. The number of hydrogen-bond acceptors (Lipinski definition) is 10. The van der Waals surface area contributed by atoms with Gasteiger partial charge in [-0.05, 0) is 52.8 Å². The molecule has 1 aromatic heterocycles. The molecule has 3 rings (SSSR count). The van der Waals surface area contributed by atoms with Gasteiger partial charge in [0, 0.05) is 43.8 Å². The molecule has 12 nitrogen and oxygen atoms in total. The van der Waals surface area contributed by atoms with Crippen molar-refractivity contribution in [3.05, 3.63) is 23.9 Å². The molecule has 1 amide bonds. The van der Waals surface area contributed by atoms with Gasteiger partial charge in [-0.15, -0.1) is 0 Å². The first-order chi connectivity index (χ1) is 18.0. The number of pyridine rings is 1. The van der Waals surface area contributed by atoms with Crippen LogP contribution in [0.15, 0.2) is 18.3 Å². The summed E-state index contributed by atoms with van der Waals surface area (Å²) in [5.41, 5.74) is 1.23. The fourth-order valence-electron chi connectivity index (χ4n) is 4.30. The lowest BCUT2D eigenvalue weighted by molar-refractivity contribution is 0.0569. The fraction of sp³-hybridized carbons (Fsp3) is 0.560. The molecule has 1 fully saturated rings. The summed E-state index contributed by atoms with van der Waals surface area (Å²) < 4.78 is 44.3. The number of ether oxygens (including phenoxy) is 3. The summed E-state index contributed by atoms with van der Waals surface area (Å²) in [5, 5.41) is 10.6. The molecule has 0 saturated carbocycles. The highest BCUT2D eigenvalue weighted by Gasteiger charge is 2.23. The number of carbonyl (C=O) groups excluding carboxylic acids is 1. The van der Waals surface area contributed by atoms with Crippen molar-refractivity contribution >= 4 is 32.9 Å². The molecule has 1 saturated heterocycles.